The van der Waals surface area contributed by atoms with Gasteiger partial charge in [0.05, 0.1) is 18.8 Å². The van der Waals surface area contributed by atoms with Crippen molar-refractivity contribution in [2.24, 2.45) is 0 Å². The molecule has 1 heterocycles. The monoisotopic (exact) mass is 318 g/mol. The second-order valence-corrected chi connectivity index (χ2v) is 6.36. The van der Waals surface area contributed by atoms with Crippen LogP contribution in [-0.2, 0) is 16.1 Å². The first-order valence-corrected chi connectivity index (χ1v) is 8.61. The highest BCUT2D eigenvalue weighted by molar-refractivity contribution is 5.82. The van der Waals surface area contributed by atoms with E-state index in [0.717, 1.165) is 24.2 Å². The molecule has 2 fully saturated rings. The Morgan fingerprint density at radius 2 is 2.13 bits per heavy atom. The minimum Gasteiger partial charge on any atom is -0.490 e. The molecule has 1 saturated carbocycles. The van der Waals surface area contributed by atoms with Crippen molar-refractivity contribution in [1.82, 2.24) is 10.6 Å². The fourth-order valence-electron chi connectivity index (χ4n) is 3.27. The number of benzene rings is 1. The standard InChI is InChI=1S/C18H26N2O3/c1-13-17(19-10-11-22-13)18(21)20-12-14-6-2-5-9-16(14)23-15-7-3-4-8-15/h2,5-6,9,13,15,17,19H,3-4,7-8,10-12H2,1H3,(H,20,21)/t13-,17+/m1/s1. The van der Waals surface area contributed by atoms with Crippen LogP contribution in [0.4, 0.5) is 0 Å². The zero-order valence-electron chi connectivity index (χ0n) is 13.7. The summed E-state index contributed by atoms with van der Waals surface area (Å²) >= 11 is 0. The molecule has 0 radical (unpaired) electrons. The van der Waals surface area contributed by atoms with Crippen LogP contribution >= 0.6 is 0 Å². The first-order valence-electron chi connectivity index (χ1n) is 8.61. The van der Waals surface area contributed by atoms with E-state index in [1.807, 2.05) is 31.2 Å². The fraction of sp³-hybridized carbons (Fsp3) is 0.611. The first-order chi connectivity index (χ1) is 11.2. The van der Waals surface area contributed by atoms with Crippen molar-refractivity contribution in [3.05, 3.63) is 29.8 Å². The first kappa shape index (κ1) is 16.3. The fourth-order valence-corrected chi connectivity index (χ4v) is 3.27. The minimum absolute atomic E-state index is 0.0205. The third-order valence-corrected chi connectivity index (χ3v) is 4.62. The van der Waals surface area contributed by atoms with E-state index in [-0.39, 0.29) is 18.1 Å². The van der Waals surface area contributed by atoms with E-state index in [4.69, 9.17) is 9.47 Å². The Bertz CT molecular complexity index is 529. The maximum atomic E-state index is 12.3. The molecule has 2 aliphatic rings. The number of ether oxygens (including phenoxy) is 2. The third kappa shape index (κ3) is 4.24. The molecule has 0 aromatic heterocycles. The van der Waals surface area contributed by atoms with Gasteiger partial charge < -0.3 is 20.1 Å². The van der Waals surface area contributed by atoms with Gasteiger partial charge in [0, 0.05) is 18.7 Å². The SMILES string of the molecule is C[C@H]1OCCN[C@@H]1C(=O)NCc1ccccc1OC1CCCC1. The lowest BCUT2D eigenvalue weighted by molar-refractivity contribution is -0.129. The molecule has 126 valence electrons. The van der Waals surface area contributed by atoms with Gasteiger partial charge in [0.25, 0.3) is 0 Å². The van der Waals surface area contributed by atoms with Gasteiger partial charge >= 0.3 is 0 Å². The summed E-state index contributed by atoms with van der Waals surface area (Å²) in [5.74, 6) is 0.869. The molecule has 5 heteroatoms. The largest absolute Gasteiger partial charge is 0.490 e. The lowest BCUT2D eigenvalue weighted by atomic mass is 10.1. The Morgan fingerprint density at radius 1 is 1.35 bits per heavy atom. The molecule has 23 heavy (non-hydrogen) atoms. The van der Waals surface area contributed by atoms with Crippen molar-refractivity contribution in [2.75, 3.05) is 13.2 Å². The van der Waals surface area contributed by atoms with Crippen molar-refractivity contribution in [3.8, 4) is 5.75 Å². The summed E-state index contributed by atoms with van der Waals surface area (Å²) in [6, 6.07) is 7.68. The molecule has 1 aliphatic heterocycles. The maximum absolute atomic E-state index is 12.3. The highest BCUT2D eigenvalue weighted by Gasteiger charge is 2.28. The number of hydrogen-bond donors (Lipinski definition) is 2. The van der Waals surface area contributed by atoms with Crippen LogP contribution in [0.15, 0.2) is 24.3 Å². The summed E-state index contributed by atoms with van der Waals surface area (Å²) in [6.45, 7) is 3.77. The van der Waals surface area contributed by atoms with Crippen molar-refractivity contribution in [3.63, 3.8) is 0 Å². The van der Waals surface area contributed by atoms with Gasteiger partial charge in [0.2, 0.25) is 5.91 Å². The van der Waals surface area contributed by atoms with Crippen molar-refractivity contribution in [2.45, 2.75) is 57.4 Å². The van der Waals surface area contributed by atoms with E-state index in [1.165, 1.54) is 12.8 Å². The van der Waals surface area contributed by atoms with Crippen molar-refractivity contribution >= 4 is 5.91 Å². The van der Waals surface area contributed by atoms with Gasteiger partial charge in [0.15, 0.2) is 0 Å². The molecule has 0 spiro atoms. The number of amides is 1. The Labute approximate surface area is 137 Å². The van der Waals surface area contributed by atoms with Gasteiger partial charge in [-0.25, -0.2) is 0 Å². The van der Waals surface area contributed by atoms with Crippen LogP contribution in [0.2, 0.25) is 0 Å². The molecule has 5 nitrogen and oxygen atoms in total. The zero-order chi connectivity index (χ0) is 16.1. The zero-order valence-corrected chi connectivity index (χ0v) is 13.7. The Balaban J connectivity index is 1.58. The number of nitrogens with one attached hydrogen (secondary N) is 2. The van der Waals surface area contributed by atoms with Gasteiger partial charge in [-0.15, -0.1) is 0 Å². The molecule has 0 unspecified atom stereocenters. The lowest BCUT2D eigenvalue weighted by Gasteiger charge is -2.29. The van der Waals surface area contributed by atoms with Crippen LogP contribution in [0.3, 0.4) is 0 Å². The Hall–Kier alpha value is -1.59. The highest BCUT2D eigenvalue weighted by atomic mass is 16.5. The van der Waals surface area contributed by atoms with Crippen LogP contribution in [0.1, 0.15) is 38.2 Å². The van der Waals surface area contributed by atoms with Crippen LogP contribution in [0.5, 0.6) is 5.75 Å². The number of para-hydroxylation sites is 1. The van der Waals surface area contributed by atoms with E-state index >= 15 is 0 Å². The second kappa shape index (κ2) is 7.79. The summed E-state index contributed by atoms with van der Waals surface area (Å²) < 4.78 is 11.6. The summed E-state index contributed by atoms with van der Waals surface area (Å²) in [5, 5.41) is 6.21. The highest BCUT2D eigenvalue weighted by Crippen LogP contribution is 2.26. The predicted molar refractivity (Wildman–Crippen MR) is 88.4 cm³/mol. The normalized spacial score (nSPS) is 25.3. The quantitative estimate of drug-likeness (QED) is 0.872. The van der Waals surface area contributed by atoms with Crippen molar-refractivity contribution in [1.29, 1.82) is 0 Å². The molecule has 1 saturated heterocycles. The molecule has 2 N–H and O–H groups in total. The molecule has 1 aromatic rings. The molecule has 3 rings (SSSR count). The van der Waals surface area contributed by atoms with E-state index in [0.29, 0.717) is 25.8 Å². The van der Waals surface area contributed by atoms with Gasteiger partial charge in [-0.3, -0.25) is 4.79 Å². The molecule has 0 bridgehead atoms. The average Bonchev–Trinajstić information content (AvgIpc) is 3.07. The molecule has 1 aliphatic carbocycles. The van der Waals surface area contributed by atoms with Crippen LogP contribution in [0.25, 0.3) is 0 Å². The third-order valence-electron chi connectivity index (χ3n) is 4.62. The molecule has 2 atom stereocenters. The van der Waals surface area contributed by atoms with Gasteiger partial charge in [-0.05, 0) is 38.7 Å². The summed E-state index contributed by atoms with van der Waals surface area (Å²) in [4.78, 5) is 12.3. The predicted octanol–water partition coefficient (Wildman–Crippen LogP) is 2.00. The smallest absolute Gasteiger partial charge is 0.240 e. The van der Waals surface area contributed by atoms with Crippen LogP contribution in [0, 0.1) is 0 Å². The lowest BCUT2D eigenvalue weighted by Crippen LogP contribution is -2.55. The number of carbonyl (C=O) groups is 1. The van der Waals surface area contributed by atoms with Gasteiger partial charge in [-0.2, -0.15) is 0 Å². The number of carbonyl (C=O) groups excluding carboxylic acids is 1. The molecular formula is C18H26N2O3. The summed E-state index contributed by atoms with van der Waals surface area (Å²) in [7, 11) is 0. The molecular weight excluding hydrogens is 292 g/mol. The van der Waals surface area contributed by atoms with E-state index in [2.05, 4.69) is 10.6 Å². The minimum atomic E-state index is -0.285. The van der Waals surface area contributed by atoms with E-state index in [1.54, 1.807) is 0 Å². The van der Waals surface area contributed by atoms with Gasteiger partial charge in [0.1, 0.15) is 11.8 Å². The average molecular weight is 318 g/mol. The second-order valence-electron chi connectivity index (χ2n) is 6.36. The number of morpholine rings is 1. The number of hydrogen-bond acceptors (Lipinski definition) is 4. The van der Waals surface area contributed by atoms with E-state index < -0.39 is 0 Å². The van der Waals surface area contributed by atoms with E-state index in [9.17, 15) is 4.79 Å². The van der Waals surface area contributed by atoms with Crippen LogP contribution in [-0.4, -0.2) is 37.3 Å². The summed E-state index contributed by atoms with van der Waals surface area (Å²) in [6.07, 6.45) is 4.96. The molecule has 1 aromatic carbocycles. The number of rotatable bonds is 5. The Kier molecular flexibility index (Phi) is 5.51. The molecule has 1 amide bonds. The maximum Gasteiger partial charge on any atom is 0.240 e. The summed E-state index contributed by atoms with van der Waals surface area (Å²) in [5.41, 5.74) is 1.03. The van der Waals surface area contributed by atoms with Crippen molar-refractivity contribution < 1.29 is 14.3 Å². The Morgan fingerprint density at radius 3 is 2.91 bits per heavy atom. The van der Waals surface area contributed by atoms with Gasteiger partial charge in [-0.1, -0.05) is 18.2 Å². The topological polar surface area (TPSA) is 59.6 Å². The van der Waals surface area contributed by atoms with Crippen LogP contribution < -0.4 is 15.4 Å².